The van der Waals surface area contributed by atoms with Crippen LogP contribution < -0.4 is 0 Å². The molecule has 1 saturated carbocycles. The maximum atomic E-state index is 9.64. The van der Waals surface area contributed by atoms with E-state index in [1.54, 1.807) is 0 Å². The molecule has 3 fully saturated rings. The first-order valence-electron chi connectivity index (χ1n) is 5.25. The molecule has 0 aromatic rings. The summed E-state index contributed by atoms with van der Waals surface area (Å²) in [4.78, 5) is 2.47. The van der Waals surface area contributed by atoms with Crippen LogP contribution in [0.4, 0.5) is 0 Å². The molecular weight excluding hydrogens is 162 g/mol. The Balaban J connectivity index is 2.01. The van der Waals surface area contributed by atoms with Crippen LogP contribution in [0.3, 0.4) is 0 Å². The fraction of sp³-hybridized carbons (Fsp3) is 0.818. The van der Waals surface area contributed by atoms with Gasteiger partial charge in [-0.25, -0.2) is 0 Å². The van der Waals surface area contributed by atoms with Gasteiger partial charge in [-0.15, -0.1) is 0 Å². The molecular formula is C11H17NO. The largest absolute Gasteiger partial charge is 0.394 e. The lowest BCUT2D eigenvalue weighted by Crippen LogP contribution is -2.47. The van der Waals surface area contributed by atoms with Crippen LogP contribution in [0.1, 0.15) is 25.7 Å². The van der Waals surface area contributed by atoms with E-state index in [1.807, 2.05) is 0 Å². The first-order valence-corrected chi connectivity index (χ1v) is 5.25. The molecule has 1 atom stereocenters. The SMILES string of the molecule is C=C1CN2CCC3(CC3)C2(CO)C1. The average Bonchev–Trinajstić information content (AvgIpc) is 2.75. The van der Waals surface area contributed by atoms with Crippen molar-refractivity contribution in [2.45, 2.75) is 31.2 Å². The van der Waals surface area contributed by atoms with E-state index < -0.39 is 0 Å². The highest BCUT2D eigenvalue weighted by molar-refractivity contribution is 5.27. The summed E-state index contributed by atoms with van der Waals surface area (Å²) in [5.41, 5.74) is 1.92. The Morgan fingerprint density at radius 3 is 2.77 bits per heavy atom. The lowest BCUT2D eigenvalue weighted by atomic mass is 9.80. The molecule has 1 aliphatic carbocycles. The van der Waals surface area contributed by atoms with Crippen molar-refractivity contribution in [3.63, 3.8) is 0 Å². The van der Waals surface area contributed by atoms with Crippen molar-refractivity contribution >= 4 is 0 Å². The number of aliphatic hydroxyl groups excluding tert-OH is 1. The quantitative estimate of drug-likeness (QED) is 0.611. The predicted octanol–water partition coefficient (Wildman–Crippen LogP) is 1.16. The molecule has 0 aromatic heterocycles. The molecule has 3 aliphatic rings. The molecule has 0 radical (unpaired) electrons. The third-order valence-corrected chi connectivity index (χ3v) is 4.52. The molecule has 0 bridgehead atoms. The first kappa shape index (κ1) is 8.01. The van der Waals surface area contributed by atoms with Gasteiger partial charge in [-0.05, 0) is 37.6 Å². The van der Waals surface area contributed by atoms with Crippen LogP contribution in [0.15, 0.2) is 12.2 Å². The number of hydrogen-bond acceptors (Lipinski definition) is 2. The number of hydrogen-bond donors (Lipinski definition) is 1. The summed E-state index contributed by atoms with van der Waals surface area (Å²) in [6.45, 7) is 6.62. The van der Waals surface area contributed by atoms with Gasteiger partial charge in [0.25, 0.3) is 0 Å². The topological polar surface area (TPSA) is 23.5 Å². The number of fused-ring (bicyclic) bond motifs is 2. The molecule has 0 aromatic carbocycles. The third-order valence-electron chi connectivity index (χ3n) is 4.52. The Morgan fingerprint density at radius 1 is 1.38 bits per heavy atom. The maximum Gasteiger partial charge on any atom is 0.0624 e. The number of nitrogens with zero attached hydrogens (tertiary/aromatic N) is 1. The van der Waals surface area contributed by atoms with Gasteiger partial charge in [0.1, 0.15) is 0 Å². The van der Waals surface area contributed by atoms with Gasteiger partial charge in [0, 0.05) is 6.54 Å². The fourth-order valence-electron chi connectivity index (χ4n) is 3.59. The summed E-state index contributed by atoms with van der Waals surface area (Å²) in [6.07, 6.45) is 5.01. The molecule has 2 heterocycles. The normalized spacial score (nSPS) is 41.5. The minimum atomic E-state index is 0.115. The molecule has 2 saturated heterocycles. The minimum Gasteiger partial charge on any atom is -0.394 e. The standard InChI is InChI=1S/C11H17NO/c1-9-6-11(8-13)10(2-3-10)4-5-12(11)7-9/h13H,1-8H2. The second kappa shape index (κ2) is 2.18. The van der Waals surface area contributed by atoms with Crippen LogP contribution >= 0.6 is 0 Å². The Hall–Kier alpha value is -0.340. The Labute approximate surface area is 79.2 Å². The van der Waals surface area contributed by atoms with Crippen LogP contribution in [0.2, 0.25) is 0 Å². The highest BCUT2D eigenvalue weighted by atomic mass is 16.3. The second-order valence-electron chi connectivity index (χ2n) is 5.07. The Kier molecular flexibility index (Phi) is 1.34. The molecule has 2 nitrogen and oxygen atoms in total. The smallest absolute Gasteiger partial charge is 0.0624 e. The summed E-state index contributed by atoms with van der Waals surface area (Å²) < 4.78 is 0. The van der Waals surface area contributed by atoms with Crippen molar-refractivity contribution in [2.24, 2.45) is 5.41 Å². The average molecular weight is 179 g/mol. The van der Waals surface area contributed by atoms with Gasteiger partial charge < -0.3 is 5.11 Å². The lowest BCUT2D eigenvalue weighted by Gasteiger charge is -2.35. The molecule has 0 amide bonds. The monoisotopic (exact) mass is 179 g/mol. The minimum absolute atomic E-state index is 0.115. The Bertz CT molecular complexity index is 269. The predicted molar refractivity (Wildman–Crippen MR) is 51.4 cm³/mol. The summed E-state index contributed by atoms with van der Waals surface area (Å²) in [6, 6.07) is 0. The van der Waals surface area contributed by atoms with Crippen molar-refractivity contribution in [1.29, 1.82) is 0 Å². The van der Waals surface area contributed by atoms with Crippen LogP contribution in [-0.2, 0) is 0 Å². The number of aliphatic hydroxyl groups is 1. The summed E-state index contributed by atoms with van der Waals surface area (Å²) in [5, 5.41) is 9.64. The van der Waals surface area contributed by atoms with E-state index in [0.29, 0.717) is 12.0 Å². The zero-order chi connectivity index (χ0) is 9.10. The summed E-state index contributed by atoms with van der Waals surface area (Å²) in [7, 11) is 0. The molecule has 1 N–H and O–H groups in total. The van der Waals surface area contributed by atoms with E-state index in [1.165, 1.54) is 31.4 Å². The van der Waals surface area contributed by atoms with Gasteiger partial charge in [0.05, 0.1) is 12.1 Å². The van der Waals surface area contributed by atoms with Crippen LogP contribution in [0.5, 0.6) is 0 Å². The summed E-state index contributed by atoms with van der Waals surface area (Å²) in [5.74, 6) is 0. The van der Waals surface area contributed by atoms with E-state index in [9.17, 15) is 5.11 Å². The number of rotatable bonds is 1. The van der Waals surface area contributed by atoms with E-state index in [4.69, 9.17) is 0 Å². The van der Waals surface area contributed by atoms with E-state index >= 15 is 0 Å². The molecule has 72 valence electrons. The van der Waals surface area contributed by atoms with Crippen LogP contribution in [0, 0.1) is 5.41 Å². The van der Waals surface area contributed by atoms with Gasteiger partial charge in [-0.3, -0.25) is 4.90 Å². The van der Waals surface area contributed by atoms with Crippen LogP contribution in [-0.4, -0.2) is 35.2 Å². The van der Waals surface area contributed by atoms with Crippen LogP contribution in [0.25, 0.3) is 0 Å². The highest BCUT2D eigenvalue weighted by Crippen LogP contribution is 2.65. The maximum absolute atomic E-state index is 9.64. The molecule has 2 aliphatic heterocycles. The van der Waals surface area contributed by atoms with Gasteiger partial charge in [0.2, 0.25) is 0 Å². The van der Waals surface area contributed by atoms with Gasteiger partial charge >= 0.3 is 0 Å². The van der Waals surface area contributed by atoms with E-state index in [-0.39, 0.29) is 5.54 Å². The fourth-order valence-corrected chi connectivity index (χ4v) is 3.59. The van der Waals surface area contributed by atoms with Crippen molar-refractivity contribution < 1.29 is 5.11 Å². The van der Waals surface area contributed by atoms with Crippen molar-refractivity contribution in [1.82, 2.24) is 4.90 Å². The van der Waals surface area contributed by atoms with Gasteiger partial charge in [-0.2, -0.15) is 0 Å². The lowest BCUT2D eigenvalue weighted by molar-refractivity contribution is 0.0574. The zero-order valence-corrected chi connectivity index (χ0v) is 8.05. The van der Waals surface area contributed by atoms with E-state index in [2.05, 4.69) is 11.5 Å². The van der Waals surface area contributed by atoms with Crippen molar-refractivity contribution in [3.05, 3.63) is 12.2 Å². The van der Waals surface area contributed by atoms with Crippen molar-refractivity contribution in [3.8, 4) is 0 Å². The second-order valence-corrected chi connectivity index (χ2v) is 5.07. The molecule has 13 heavy (non-hydrogen) atoms. The molecule has 2 heteroatoms. The van der Waals surface area contributed by atoms with Gasteiger partial charge in [0.15, 0.2) is 0 Å². The Morgan fingerprint density at radius 2 is 2.15 bits per heavy atom. The van der Waals surface area contributed by atoms with Gasteiger partial charge in [-0.1, -0.05) is 12.2 Å². The summed E-state index contributed by atoms with van der Waals surface area (Å²) >= 11 is 0. The molecule has 3 rings (SSSR count). The van der Waals surface area contributed by atoms with E-state index in [0.717, 1.165) is 13.0 Å². The highest BCUT2D eigenvalue weighted by Gasteiger charge is 2.66. The third kappa shape index (κ3) is 0.767. The zero-order valence-electron chi connectivity index (χ0n) is 8.05. The van der Waals surface area contributed by atoms with Crippen molar-refractivity contribution in [2.75, 3.05) is 19.7 Å². The first-order chi connectivity index (χ1) is 6.22. The molecule has 1 unspecified atom stereocenters. The molecule has 1 spiro atoms.